The van der Waals surface area contributed by atoms with Crippen LogP contribution in [0.15, 0.2) is 24.3 Å². The number of hydrogen-bond donors (Lipinski definition) is 1. The molecule has 1 rings (SSSR count). The van der Waals surface area contributed by atoms with E-state index in [1.165, 1.54) is 5.56 Å². The summed E-state index contributed by atoms with van der Waals surface area (Å²) >= 11 is 1.97. The SMILES string of the molecule is CC(C)C(C)SCc1ccccc1C#CCCO. The maximum atomic E-state index is 8.74. The fourth-order valence-corrected chi connectivity index (χ4v) is 2.47. The minimum absolute atomic E-state index is 0.133. The van der Waals surface area contributed by atoms with Crippen LogP contribution >= 0.6 is 11.8 Å². The fraction of sp³-hybridized carbons (Fsp3) is 0.500. The van der Waals surface area contributed by atoms with Gasteiger partial charge in [-0.25, -0.2) is 0 Å². The predicted octanol–water partition coefficient (Wildman–Crippen LogP) is 3.70. The molecule has 1 N–H and O–H groups in total. The molecule has 1 unspecified atom stereocenters. The summed E-state index contributed by atoms with van der Waals surface area (Å²) in [6.07, 6.45) is 0.546. The maximum Gasteiger partial charge on any atom is 0.0540 e. The lowest BCUT2D eigenvalue weighted by molar-refractivity contribution is 0.305. The Bertz CT molecular complexity index is 415. The van der Waals surface area contributed by atoms with Gasteiger partial charge in [0.05, 0.1) is 6.61 Å². The van der Waals surface area contributed by atoms with Crippen molar-refractivity contribution in [3.05, 3.63) is 35.4 Å². The first-order chi connectivity index (χ1) is 8.65. The van der Waals surface area contributed by atoms with Crippen LogP contribution in [0.25, 0.3) is 0 Å². The van der Waals surface area contributed by atoms with E-state index in [9.17, 15) is 0 Å². The van der Waals surface area contributed by atoms with Crippen molar-refractivity contribution in [1.82, 2.24) is 0 Å². The first-order valence-electron chi connectivity index (χ1n) is 6.44. The van der Waals surface area contributed by atoms with E-state index in [4.69, 9.17) is 5.11 Å². The highest BCUT2D eigenvalue weighted by Gasteiger charge is 2.08. The van der Waals surface area contributed by atoms with Gasteiger partial charge in [0.2, 0.25) is 0 Å². The molecule has 0 spiro atoms. The summed E-state index contributed by atoms with van der Waals surface area (Å²) in [5.41, 5.74) is 2.38. The minimum atomic E-state index is 0.133. The van der Waals surface area contributed by atoms with Gasteiger partial charge in [0, 0.05) is 23.0 Å². The molecule has 0 aliphatic rings. The van der Waals surface area contributed by atoms with Crippen LogP contribution in [0, 0.1) is 17.8 Å². The first kappa shape index (κ1) is 15.1. The van der Waals surface area contributed by atoms with Gasteiger partial charge in [-0.1, -0.05) is 50.8 Å². The Morgan fingerprint density at radius 1 is 1.22 bits per heavy atom. The molecule has 0 aliphatic heterocycles. The van der Waals surface area contributed by atoms with Crippen LogP contribution in [0.4, 0.5) is 0 Å². The topological polar surface area (TPSA) is 20.2 Å². The van der Waals surface area contributed by atoms with Crippen molar-refractivity contribution in [3.8, 4) is 11.8 Å². The summed E-state index contributed by atoms with van der Waals surface area (Å²) in [4.78, 5) is 0. The van der Waals surface area contributed by atoms with Gasteiger partial charge in [-0.3, -0.25) is 0 Å². The van der Waals surface area contributed by atoms with Crippen LogP contribution in [-0.4, -0.2) is 17.0 Å². The number of benzene rings is 1. The van der Waals surface area contributed by atoms with Crippen molar-refractivity contribution in [1.29, 1.82) is 0 Å². The van der Waals surface area contributed by atoms with E-state index in [2.05, 4.69) is 50.8 Å². The Hall–Kier alpha value is -0.910. The molecule has 0 aromatic heterocycles. The minimum Gasteiger partial charge on any atom is -0.395 e. The van der Waals surface area contributed by atoms with Crippen molar-refractivity contribution in [2.24, 2.45) is 5.92 Å². The third-order valence-electron chi connectivity index (χ3n) is 2.92. The number of aliphatic hydroxyl groups is 1. The van der Waals surface area contributed by atoms with Gasteiger partial charge >= 0.3 is 0 Å². The molecule has 98 valence electrons. The van der Waals surface area contributed by atoms with E-state index in [1.807, 2.05) is 17.8 Å². The molecule has 0 amide bonds. The van der Waals surface area contributed by atoms with E-state index in [1.54, 1.807) is 0 Å². The quantitative estimate of drug-likeness (QED) is 0.817. The Labute approximate surface area is 115 Å². The maximum absolute atomic E-state index is 8.74. The smallest absolute Gasteiger partial charge is 0.0540 e. The van der Waals surface area contributed by atoms with Crippen LogP contribution in [-0.2, 0) is 5.75 Å². The van der Waals surface area contributed by atoms with Crippen LogP contribution < -0.4 is 0 Å². The molecule has 0 saturated heterocycles. The summed E-state index contributed by atoms with van der Waals surface area (Å²) < 4.78 is 0. The molecule has 0 radical (unpaired) electrons. The van der Waals surface area contributed by atoms with E-state index in [-0.39, 0.29) is 6.61 Å². The summed E-state index contributed by atoms with van der Waals surface area (Å²) in [5.74, 6) is 7.84. The third kappa shape index (κ3) is 5.16. The first-order valence-corrected chi connectivity index (χ1v) is 7.49. The van der Waals surface area contributed by atoms with Gasteiger partial charge in [-0.2, -0.15) is 11.8 Å². The van der Waals surface area contributed by atoms with Crippen LogP contribution in [0.2, 0.25) is 0 Å². The highest BCUT2D eigenvalue weighted by Crippen LogP contribution is 2.24. The predicted molar refractivity (Wildman–Crippen MR) is 80.6 cm³/mol. The Morgan fingerprint density at radius 2 is 1.94 bits per heavy atom. The number of hydrogen-bond acceptors (Lipinski definition) is 2. The lowest BCUT2D eigenvalue weighted by Gasteiger charge is -2.15. The van der Waals surface area contributed by atoms with Gasteiger partial charge in [0.25, 0.3) is 0 Å². The van der Waals surface area contributed by atoms with Crippen molar-refractivity contribution in [2.45, 2.75) is 38.2 Å². The summed E-state index contributed by atoms with van der Waals surface area (Å²) in [6.45, 7) is 6.92. The number of thioether (sulfide) groups is 1. The molecule has 0 saturated carbocycles. The number of rotatable bonds is 5. The average molecular weight is 262 g/mol. The largest absolute Gasteiger partial charge is 0.395 e. The van der Waals surface area contributed by atoms with Gasteiger partial charge < -0.3 is 5.11 Å². The highest BCUT2D eigenvalue weighted by atomic mass is 32.2. The molecule has 0 bridgehead atoms. The summed E-state index contributed by atoms with van der Waals surface area (Å²) in [6, 6.07) is 8.28. The third-order valence-corrected chi connectivity index (χ3v) is 4.47. The monoisotopic (exact) mass is 262 g/mol. The second-order valence-electron chi connectivity index (χ2n) is 4.69. The zero-order chi connectivity index (χ0) is 13.4. The van der Waals surface area contributed by atoms with E-state index in [0.717, 1.165) is 11.3 Å². The zero-order valence-corrected chi connectivity index (χ0v) is 12.3. The normalized spacial score (nSPS) is 12.1. The summed E-state index contributed by atoms with van der Waals surface area (Å²) in [7, 11) is 0. The average Bonchev–Trinajstić information content (AvgIpc) is 2.37. The molecule has 0 aliphatic carbocycles. The van der Waals surface area contributed by atoms with Crippen LogP contribution in [0.3, 0.4) is 0 Å². The summed E-state index contributed by atoms with van der Waals surface area (Å²) in [5, 5.41) is 9.40. The van der Waals surface area contributed by atoms with E-state index >= 15 is 0 Å². The van der Waals surface area contributed by atoms with Crippen molar-refractivity contribution < 1.29 is 5.11 Å². The lowest BCUT2D eigenvalue weighted by Crippen LogP contribution is -2.06. The Kier molecular flexibility index (Phi) is 6.93. The molecular weight excluding hydrogens is 240 g/mol. The molecule has 1 aromatic carbocycles. The fourth-order valence-electron chi connectivity index (χ4n) is 1.40. The Balaban J connectivity index is 2.68. The molecule has 0 fully saturated rings. The van der Waals surface area contributed by atoms with Gasteiger partial charge in [-0.15, -0.1) is 0 Å². The molecule has 2 heteroatoms. The zero-order valence-electron chi connectivity index (χ0n) is 11.4. The molecule has 1 nitrogen and oxygen atoms in total. The van der Waals surface area contributed by atoms with Crippen molar-refractivity contribution in [3.63, 3.8) is 0 Å². The second kappa shape index (κ2) is 8.24. The van der Waals surface area contributed by atoms with E-state index < -0.39 is 0 Å². The standard InChI is InChI=1S/C16H22OS/c1-13(2)14(3)18-12-16-10-5-4-8-15(16)9-6-7-11-17/h4-5,8,10,13-14,17H,7,11-12H2,1-3H3. The van der Waals surface area contributed by atoms with Crippen LogP contribution in [0.5, 0.6) is 0 Å². The highest BCUT2D eigenvalue weighted by molar-refractivity contribution is 7.99. The van der Waals surface area contributed by atoms with Gasteiger partial charge in [0.15, 0.2) is 0 Å². The Morgan fingerprint density at radius 3 is 2.61 bits per heavy atom. The van der Waals surface area contributed by atoms with Crippen molar-refractivity contribution >= 4 is 11.8 Å². The molecular formula is C16H22OS. The lowest BCUT2D eigenvalue weighted by atomic mass is 10.1. The number of aliphatic hydroxyl groups excluding tert-OH is 1. The van der Waals surface area contributed by atoms with Crippen LogP contribution in [0.1, 0.15) is 38.3 Å². The molecule has 1 atom stereocenters. The van der Waals surface area contributed by atoms with Gasteiger partial charge in [-0.05, 0) is 17.5 Å². The van der Waals surface area contributed by atoms with E-state index in [0.29, 0.717) is 17.6 Å². The van der Waals surface area contributed by atoms with Gasteiger partial charge in [0.1, 0.15) is 0 Å². The molecule has 0 heterocycles. The molecule has 1 aromatic rings. The molecule has 18 heavy (non-hydrogen) atoms. The van der Waals surface area contributed by atoms with Crippen molar-refractivity contribution in [2.75, 3.05) is 6.61 Å². The second-order valence-corrected chi connectivity index (χ2v) is 6.06.